The summed E-state index contributed by atoms with van der Waals surface area (Å²) in [7, 11) is 0. The first kappa shape index (κ1) is 24.7. The second-order valence-electron chi connectivity index (χ2n) is 6.17. The van der Waals surface area contributed by atoms with Crippen molar-refractivity contribution in [2.75, 3.05) is 0 Å². The van der Waals surface area contributed by atoms with Crippen molar-refractivity contribution in [3.63, 3.8) is 0 Å². The first-order valence-corrected chi connectivity index (χ1v) is 10.1. The summed E-state index contributed by atoms with van der Waals surface area (Å²) in [4.78, 5) is 10.3. The van der Waals surface area contributed by atoms with Crippen molar-refractivity contribution in [2.45, 2.75) is 71.1 Å². The highest BCUT2D eigenvalue weighted by Gasteiger charge is 1.92. The molecule has 0 radical (unpaired) electrons. The minimum atomic E-state index is -0.712. The Labute approximate surface area is 165 Å². The minimum absolute atomic E-state index is 0.262. The molecule has 0 saturated heterocycles. The zero-order chi connectivity index (χ0) is 19.8. The fourth-order valence-electron chi connectivity index (χ4n) is 2.16. The molecule has 1 aromatic heterocycles. The van der Waals surface area contributed by atoms with Gasteiger partial charge in [0.05, 0.1) is 12.5 Å². The highest BCUT2D eigenvalue weighted by atomic mass is 16.4. The van der Waals surface area contributed by atoms with E-state index in [-0.39, 0.29) is 6.42 Å². The van der Waals surface area contributed by atoms with Crippen LogP contribution in [-0.4, -0.2) is 11.1 Å². The van der Waals surface area contributed by atoms with Crippen LogP contribution in [0.5, 0.6) is 0 Å². The summed E-state index contributed by atoms with van der Waals surface area (Å²) in [5.74, 6) is -0.712. The highest BCUT2D eigenvalue weighted by molar-refractivity contribution is 5.66. The third-order valence-electron chi connectivity index (χ3n) is 3.64. The lowest BCUT2D eigenvalue weighted by Gasteiger charge is -1.90. The molecule has 0 amide bonds. The Hall–Kier alpha value is -2.29. The van der Waals surface area contributed by atoms with E-state index >= 15 is 0 Å². The van der Waals surface area contributed by atoms with Crippen molar-refractivity contribution in [2.24, 2.45) is 0 Å². The van der Waals surface area contributed by atoms with Crippen molar-refractivity contribution in [3.8, 4) is 0 Å². The van der Waals surface area contributed by atoms with Crippen LogP contribution in [0.1, 0.15) is 71.1 Å². The summed E-state index contributed by atoms with van der Waals surface area (Å²) in [6.07, 6.45) is 30.6. The Kier molecular flexibility index (Phi) is 19.9. The average molecular weight is 373 g/mol. The van der Waals surface area contributed by atoms with Crippen LogP contribution in [0.2, 0.25) is 0 Å². The van der Waals surface area contributed by atoms with Gasteiger partial charge >= 0.3 is 5.97 Å². The summed E-state index contributed by atoms with van der Waals surface area (Å²) in [5, 5.41) is 8.49. The Morgan fingerprint density at radius 2 is 1.26 bits per heavy atom. The molecule has 0 fully saturated rings. The van der Waals surface area contributed by atoms with Crippen molar-refractivity contribution in [1.29, 1.82) is 0 Å². The maximum atomic E-state index is 10.3. The van der Waals surface area contributed by atoms with Gasteiger partial charge in [-0.3, -0.25) is 4.79 Å². The third kappa shape index (κ3) is 23.7. The Morgan fingerprint density at radius 1 is 0.778 bits per heavy atom. The van der Waals surface area contributed by atoms with Gasteiger partial charge in [-0.05, 0) is 57.1 Å². The van der Waals surface area contributed by atoms with E-state index in [1.165, 1.54) is 25.7 Å². The molecule has 27 heavy (non-hydrogen) atoms. The third-order valence-corrected chi connectivity index (χ3v) is 3.64. The number of hydrogen-bond acceptors (Lipinski definition) is 2. The van der Waals surface area contributed by atoms with E-state index in [1.807, 2.05) is 12.1 Å². The Morgan fingerprint density at radius 3 is 1.67 bits per heavy atom. The fraction of sp³-hybridized carbons (Fsp3) is 0.458. The maximum absolute atomic E-state index is 10.3. The number of hydrogen-bond donors (Lipinski definition) is 1. The number of carbonyl (C=O) groups is 1. The molecule has 0 aromatic carbocycles. The molecule has 0 bridgehead atoms. The SMILES string of the molecule is CCCCC/C=C\C/C=C\C/C=C\C/C=C\CCCC(=O)O.c1ccoc1. The number of carboxylic acid groups (broad SMARTS) is 1. The molecular weight excluding hydrogens is 336 g/mol. The van der Waals surface area contributed by atoms with Crippen LogP contribution in [0, 0.1) is 0 Å². The molecule has 0 spiro atoms. The van der Waals surface area contributed by atoms with Crippen LogP contribution >= 0.6 is 0 Å². The van der Waals surface area contributed by atoms with Gasteiger partial charge < -0.3 is 9.52 Å². The lowest BCUT2D eigenvalue weighted by atomic mass is 10.2. The van der Waals surface area contributed by atoms with Gasteiger partial charge in [-0.1, -0.05) is 68.4 Å². The molecule has 0 aliphatic heterocycles. The molecule has 0 atom stereocenters. The largest absolute Gasteiger partial charge is 0.481 e. The van der Waals surface area contributed by atoms with E-state index in [4.69, 9.17) is 5.11 Å². The fourth-order valence-corrected chi connectivity index (χ4v) is 2.16. The van der Waals surface area contributed by atoms with Crippen molar-refractivity contribution in [3.05, 3.63) is 73.3 Å². The number of allylic oxidation sites excluding steroid dienone is 8. The first-order valence-electron chi connectivity index (χ1n) is 10.1. The molecule has 1 aromatic rings. The van der Waals surface area contributed by atoms with Crippen molar-refractivity contribution >= 4 is 5.97 Å². The van der Waals surface area contributed by atoms with Crippen LogP contribution in [0.4, 0.5) is 0 Å². The lowest BCUT2D eigenvalue weighted by molar-refractivity contribution is -0.137. The second kappa shape index (κ2) is 21.8. The number of unbranched alkanes of at least 4 members (excludes halogenated alkanes) is 4. The van der Waals surface area contributed by atoms with Gasteiger partial charge in [-0.25, -0.2) is 0 Å². The van der Waals surface area contributed by atoms with Gasteiger partial charge in [0, 0.05) is 6.42 Å². The van der Waals surface area contributed by atoms with E-state index in [2.05, 4.69) is 59.9 Å². The topological polar surface area (TPSA) is 50.4 Å². The van der Waals surface area contributed by atoms with E-state index in [9.17, 15) is 4.79 Å². The molecule has 0 unspecified atom stereocenters. The van der Waals surface area contributed by atoms with Crippen molar-refractivity contribution in [1.82, 2.24) is 0 Å². The maximum Gasteiger partial charge on any atom is 0.303 e. The standard InChI is InChI=1S/C20H32O2.C4H4O/c1-2-3-4-5-6-7-8-9-10-11-12-13-14-15-16-17-18-19-20(21)22;1-2-4-5-3-1/h6-7,9-10,12-13,15-16H,2-5,8,11,14,17-19H2,1H3,(H,21,22);1-4H/b7-6-,10-9-,13-12-,16-15-;. The van der Waals surface area contributed by atoms with Crippen molar-refractivity contribution < 1.29 is 14.3 Å². The van der Waals surface area contributed by atoms with Gasteiger partial charge in [0.15, 0.2) is 0 Å². The molecule has 0 saturated carbocycles. The summed E-state index contributed by atoms with van der Waals surface area (Å²) in [6.45, 7) is 2.23. The molecule has 1 rings (SSSR count). The molecule has 3 nitrogen and oxygen atoms in total. The number of rotatable bonds is 14. The van der Waals surface area contributed by atoms with Gasteiger partial charge in [-0.2, -0.15) is 0 Å². The Bertz CT molecular complexity index is 505. The molecule has 1 heterocycles. The zero-order valence-corrected chi connectivity index (χ0v) is 16.8. The first-order chi connectivity index (χ1) is 13.3. The second-order valence-corrected chi connectivity index (χ2v) is 6.17. The van der Waals surface area contributed by atoms with Crippen LogP contribution < -0.4 is 0 Å². The average Bonchev–Trinajstić information content (AvgIpc) is 3.24. The smallest absolute Gasteiger partial charge is 0.303 e. The molecule has 0 aliphatic carbocycles. The zero-order valence-electron chi connectivity index (χ0n) is 16.8. The molecule has 150 valence electrons. The van der Waals surface area contributed by atoms with E-state index in [1.54, 1.807) is 12.5 Å². The van der Waals surface area contributed by atoms with E-state index in [0.717, 1.165) is 32.1 Å². The van der Waals surface area contributed by atoms with Gasteiger partial charge in [-0.15, -0.1) is 0 Å². The number of aliphatic carboxylic acids is 1. The lowest BCUT2D eigenvalue weighted by Crippen LogP contribution is -1.92. The van der Waals surface area contributed by atoms with Gasteiger partial charge in [0.2, 0.25) is 0 Å². The normalized spacial score (nSPS) is 11.6. The highest BCUT2D eigenvalue weighted by Crippen LogP contribution is 2.01. The van der Waals surface area contributed by atoms with E-state index in [0.29, 0.717) is 0 Å². The van der Waals surface area contributed by atoms with Crippen LogP contribution in [0.3, 0.4) is 0 Å². The van der Waals surface area contributed by atoms with Crippen LogP contribution in [0.25, 0.3) is 0 Å². The summed E-state index contributed by atoms with van der Waals surface area (Å²) in [5.41, 5.74) is 0. The monoisotopic (exact) mass is 372 g/mol. The van der Waals surface area contributed by atoms with E-state index < -0.39 is 5.97 Å². The Balaban J connectivity index is 0.00000115. The molecule has 0 aliphatic rings. The minimum Gasteiger partial charge on any atom is -0.481 e. The summed E-state index contributed by atoms with van der Waals surface area (Å²) in [6, 6.07) is 3.67. The molecule has 1 N–H and O–H groups in total. The predicted molar refractivity (Wildman–Crippen MR) is 115 cm³/mol. The van der Waals surface area contributed by atoms with Gasteiger partial charge in [0.25, 0.3) is 0 Å². The summed E-state index contributed by atoms with van der Waals surface area (Å²) >= 11 is 0. The summed E-state index contributed by atoms with van der Waals surface area (Å²) < 4.78 is 4.58. The van der Waals surface area contributed by atoms with Gasteiger partial charge in [0.1, 0.15) is 0 Å². The van der Waals surface area contributed by atoms with Crippen LogP contribution in [-0.2, 0) is 4.79 Å². The number of furan rings is 1. The molecule has 3 heteroatoms. The quantitative estimate of drug-likeness (QED) is 0.272. The predicted octanol–water partition coefficient (Wildman–Crippen LogP) is 7.50. The number of carboxylic acids is 1. The molecular formula is C24H36O3. The van der Waals surface area contributed by atoms with Crippen LogP contribution in [0.15, 0.2) is 77.7 Å².